The van der Waals surface area contributed by atoms with Gasteiger partial charge in [-0.1, -0.05) is 41.4 Å². The minimum atomic E-state index is -1.26. The van der Waals surface area contributed by atoms with Crippen molar-refractivity contribution in [3.63, 3.8) is 0 Å². The van der Waals surface area contributed by atoms with E-state index in [4.69, 9.17) is 28.9 Å². The predicted molar refractivity (Wildman–Crippen MR) is 83.6 cm³/mol. The molecule has 106 valence electrons. The molecule has 1 aromatic carbocycles. The lowest BCUT2D eigenvalue weighted by atomic mass is 10.1. The smallest absolute Gasteiger partial charge is 0.204 e. The number of fused-ring (bicyclic) bond motifs is 1. The van der Waals surface area contributed by atoms with Crippen molar-refractivity contribution in [1.82, 2.24) is 4.98 Å². The van der Waals surface area contributed by atoms with E-state index in [0.29, 0.717) is 32.8 Å². The van der Waals surface area contributed by atoms with Crippen molar-refractivity contribution >= 4 is 40.4 Å². The van der Waals surface area contributed by atoms with Gasteiger partial charge >= 0.3 is 0 Å². The zero-order valence-corrected chi connectivity index (χ0v) is 12.2. The molecule has 1 aliphatic rings. The van der Waals surface area contributed by atoms with E-state index >= 15 is 0 Å². The Morgan fingerprint density at radius 1 is 1.10 bits per heavy atom. The van der Waals surface area contributed by atoms with Crippen LogP contribution in [-0.2, 0) is 0 Å². The zero-order chi connectivity index (χ0) is 15.0. The molecular weight excluding hydrogens is 311 g/mol. The Kier molecular flexibility index (Phi) is 3.63. The molecule has 1 unspecified atom stereocenters. The van der Waals surface area contributed by atoms with Gasteiger partial charge in [-0.2, -0.15) is 0 Å². The minimum Gasteiger partial charge on any atom is -0.383 e. The Labute approximate surface area is 130 Å². The molecule has 0 aliphatic carbocycles. The van der Waals surface area contributed by atoms with E-state index in [1.807, 2.05) is 6.07 Å². The fourth-order valence-corrected chi connectivity index (χ4v) is 2.36. The number of nitrogens with two attached hydrogens (primary N) is 1. The number of hydrogen-bond acceptors (Lipinski definition) is 5. The summed E-state index contributed by atoms with van der Waals surface area (Å²) in [7, 11) is 0. The van der Waals surface area contributed by atoms with Gasteiger partial charge in [0.25, 0.3) is 0 Å². The normalized spacial score (nSPS) is 17.6. The third-order valence-corrected chi connectivity index (χ3v) is 3.50. The summed E-state index contributed by atoms with van der Waals surface area (Å²) < 4.78 is 0. The van der Waals surface area contributed by atoms with E-state index < -0.39 is 6.23 Å². The predicted octanol–water partition coefficient (Wildman–Crippen LogP) is 2.55. The third-order valence-electron chi connectivity index (χ3n) is 2.96. The van der Waals surface area contributed by atoms with Gasteiger partial charge in [0, 0.05) is 5.56 Å². The van der Waals surface area contributed by atoms with E-state index in [0.717, 1.165) is 0 Å². The van der Waals surface area contributed by atoms with E-state index in [9.17, 15) is 5.11 Å². The number of rotatable bonds is 1. The summed E-state index contributed by atoms with van der Waals surface area (Å²) in [5.41, 5.74) is 7.64. The lowest BCUT2D eigenvalue weighted by Gasteiger charge is -2.10. The summed E-state index contributed by atoms with van der Waals surface area (Å²) in [4.78, 5) is 12.6. The molecule has 3 N–H and O–H groups in total. The fraction of sp³-hybridized carbons (Fsp3) is 0.0714. The standard InChI is InChI=1S/C14H10Cl2N4O/c15-8-4-2-1-3-7(8)11-12-9(5-6-10(16)19-12)18-13(17)14(21)20-11/h1-6,14,21H,(H2,17,18). The number of nitrogens with zero attached hydrogens (tertiary/aromatic N) is 3. The first-order valence-electron chi connectivity index (χ1n) is 6.08. The summed E-state index contributed by atoms with van der Waals surface area (Å²) in [6.45, 7) is 0. The van der Waals surface area contributed by atoms with Gasteiger partial charge in [-0.3, -0.25) is 0 Å². The van der Waals surface area contributed by atoms with Gasteiger partial charge in [-0.05, 0) is 18.2 Å². The Balaban J connectivity index is 2.29. The molecule has 0 fully saturated rings. The summed E-state index contributed by atoms with van der Waals surface area (Å²) >= 11 is 12.2. The van der Waals surface area contributed by atoms with E-state index in [-0.39, 0.29) is 5.84 Å². The number of aliphatic imine (C=N–C) groups is 2. The van der Waals surface area contributed by atoms with Gasteiger partial charge in [0.1, 0.15) is 10.8 Å². The van der Waals surface area contributed by atoms with Crippen LogP contribution in [0.3, 0.4) is 0 Å². The highest BCUT2D eigenvalue weighted by molar-refractivity contribution is 6.36. The maximum absolute atomic E-state index is 9.97. The van der Waals surface area contributed by atoms with Gasteiger partial charge in [0.05, 0.1) is 16.4 Å². The van der Waals surface area contributed by atoms with Crippen LogP contribution in [0.15, 0.2) is 46.4 Å². The van der Waals surface area contributed by atoms with Crippen LogP contribution in [0.5, 0.6) is 0 Å². The van der Waals surface area contributed by atoms with Gasteiger partial charge in [-0.15, -0.1) is 0 Å². The van der Waals surface area contributed by atoms with Crippen LogP contribution in [0, 0.1) is 0 Å². The number of aromatic nitrogens is 1. The molecular formula is C14H10Cl2N4O. The second kappa shape index (κ2) is 5.44. The third kappa shape index (κ3) is 2.63. The van der Waals surface area contributed by atoms with Crippen molar-refractivity contribution < 1.29 is 5.11 Å². The molecule has 0 radical (unpaired) electrons. The first-order valence-corrected chi connectivity index (χ1v) is 6.83. The summed E-state index contributed by atoms with van der Waals surface area (Å²) in [5.74, 6) is -0.0116. The van der Waals surface area contributed by atoms with Crippen LogP contribution in [-0.4, -0.2) is 27.9 Å². The fourth-order valence-electron chi connectivity index (χ4n) is 1.99. The Morgan fingerprint density at radius 3 is 2.62 bits per heavy atom. The van der Waals surface area contributed by atoms with Crippen LogP contribution in [0.2, 0.25) is 10.2 Å². The summed E-state index contributed by atoms with van der Waals surface area (Å²) in [5, 5.41) is 10.7. The molecule has 2 heterocycles. The molecule has 1 aliphatic heterocycles. The average molecular weight is 321 g/mol. The van der Waals surface area contributed by atoms with Crippen LogP contribution in [0.25, 0.3) is 0 Å². The lowest BCUT2D eigenvalue weighted by Crippen LogP contribution is -2.27. The molecule has 21 heavy (non-hydrogen) atoms. The van der Waals surface area contributed by atoms with Crippen molar-refractivity contribution in [2.24, 2.45) is 15.7 Å². The van der Waals surface area contributed by atoms with Crippen LogP contribution < -0.4 is 5.73 Å². The summed E-state index contributed by atoms with van der Waals surface area (Å²) in [6.07, 6.45) is -1.26. The Morgan fingerprint density at radius 2 is 1.86 bits per heavy atom. The maximum Gasteiger partial charge on any atom is 0.204 e. The molecule has 0 saturated heterocycles. The first-order chi connectivity index (χ1) is 10.1. The van der Waals surface area contributed by atoms with Crippen molar-refractivity contribution in [3.05, 3.63) is 57.8 Å². The number of aliphatic hydroxyl groups excluding tert-OH is 1. The number of pyridine rings is 1. The molecule has 0 spiro atoms. The first kappa shape index (κ1) is 14.0. The van der Waals surface area contributed by atoms with Crippen molar-refractivity contribution in [3.8, 4) is 0 Å². The number of aliphatic hydroxyl groups is 1. The van der Waals surface area contributed by atoms with Crippen molar-refractivity contribution in [1.29, 1.82) is 0 Å². The van der Waals surface area contributed by atoms with Crippen LogP contribution >= 0.6 is 23.2 Å². The molecule has 1 atom stereocenters. The van der Waals surface area contributed by atoms with Gasteiger partial charge in [0.2, 0.25) is 6.23 Å². The van der Waals surface area contributed by atoms with Gasteiger partial charge < -0.3 is 10.8 Å². The SMILES string of the molecule is NC1=Nc2ccc(Cl)nc2C(c2ccccc2Cl)=NC1O. The number of benzene rings is 1. The van der Waals surface area contributed by atoms with E-state index in [1.54, 1.807) is 30.3 Å². The van der Waals surface area contributed by atoms with E-state index in [2.05, 4.69) is 15.0 Å². The monoisotopic (exact) mass is 320 g/mol. The molecule has 2 aromatic rings. The molecule has 0 saturated carbocycles. The molecule has 0 amide bonds. The second-order valence-corrected chi connectivity index (χ2v) is 5.16. The van der Waals surface area contributed by atoms with Crippen LogP contribution in [0.1, 0.15) is 11.3 Å². The largest absolute Gasteiger partial charge is 0.383 e. The lowest BCUT2D eigenvalue weighted by molar-refractivity contribution is 0.251. The Hall–Kier alpha value is -1.95. The maximum atomic E-state index is 9.97. The van der Waals surface area contributed by atoms with Crippen molar-refractivity contribution in [2.45, 2.75) is 6.23 Å². The van der Waals surface area contributed by atoms with Crippen molar-refractivity contribution in [2.75, 3.05) is 0 Å². The molecule has 3 rings (SSSR count). The average Bonchev–Trinajstić information content (AvgIpc) is 2.58. The Bertz CT molecular complexity index is 773. The zero-order valence-electron chi connectivity index (χ0n) is 10.7. The number of amidine groups is 1. The summed E-state index contributed by atoms with van der Waals surface area (Å²) in [6, 6.07) is 10.4. The highest BCUT2D eigenvalue weighted by Gasteiger charge is 2.22. The van der Waals surface area contributed by atoms with Gasteiger partial charge in [0.15, 0.2) is 5.84 Å². The quantitative estimate of drug-likeness (QED) is 0.792. The number of halogens is 2. The van der Waals surface area contributed by atoms with Crippen LogP contribution in [0.4, 0.5) is 5.69 Å². The highest BCUT2D eigenvalue weighted by Crippen LogP contribution is 2.28. The molecule has 5 nitrogen and oxygen atoms in total. The highest BCUT2D eigenvalue weighted by atomic mass is 35.5. The minimum absolute atomic E-state index is 0.0116. The number of hydrogen-bond donors (Lipinski definition) is 2. The second-order valence-electron chi connectivity index (χ2n) is 4.37. The molecule has 0 bridgehead atoms. The molecule has 7 heteroatoms. The molecule has 1 aromatic heterocycles. The van der Waals surface area contributed by atoms with Gasteiger partial charge in [-0.25, -0.2) is 15.0 Å². The topological polar surface area (TPSA) is 83.9 Å². The van der Waals surface area contributed by atoms with E-state index in [1.165, 1.54) is 0 Å².